The molecule has 3 rings (SSSR count). The van der Waals surface area contributed by atoms with Gasteiger partial charge in [-0.3, -0.25) is 9.63 Å². The largest absolute Gasteiger partial charge is 0.348 e. The Bertz CT molecular complexity index is 465. The lowest BCUT2D eigenvalue weighted by Crippen LogP contribution is -2.42. The van der Waals surface area contributed by atoms with Gasteiger partial charge in [0.15, 0.2) is 0 Å². The van der Waals surface area contributed by atoms with Gasteiger partial charge in [0.05, 0.1) is 12.6 Å². The van der Waals surface area contributed by atoms with Crippen LogP contribution < -0.4 is 0 Å². The number of carbonyl (C=O) groups excluding carboxylic acids is 1. The molecule has 0 saturated carbocycles. The number of carbonyl (C=O) groups is 1. The van der Waals surface area contributed by atoms with Crippen LogP contribution in [-0.4, -0.2) is 46.7 Å². The van der Waals surface area contributed by atoms with Gasteiger partial charge in [-0.15, -0.1) is 0 Å². The summed E-state index contributed by atoms with van der Waals surface area (Å²) in [6.45, 7) is 6.28. The highest BCUT2D eigenvalue weighted by Crippen LogP contribution is 2.25. The zero-order valence-corrected chi connectivity index (χ0v) is 12.1. The summed E-state index contributed by atoms with van der Waals surface area (Å²) in [7, 11) is 0. The first kappa shape index (κ1) is 13.6. The fraction of sp³-hybridized carbons (Fsp3) is 0.667. The number of hydroxylamine groups is 2. The molecule has 1 aromatic heterocycles. The summed E-state index contributed by atoms with van der Waals surface area (Å²) < 4.78 is 2.24. The van der Waals surface area contributed by atoms with Gasteiger partial charge in [-0.2, -0.15) is 5.06 Å². The Balaban J connectivity index is 1.55. The molecule has 0 spiro atoms. The molecule has 1 aromatic rings. The molecule has 1 amide bonds. The molecule has 20 heavy (non-hydrogen) atoms. The minimum absolute atomic E-state index is 0.175. The van der Waals surface area contributed by atoms with E-state index in [0.29, 0.717) is 13.0 Å². The maximum absolute atomic E-state index is 12.4. The Kier molecular flexibility index (Phi) is 4.08. The van der Waals surface area contributed by atoms with Crippen molar-refractivity contribution in [2.24, 2.45) is 0 Å². The summed E-state index contributed by atoms with van der Waals surface area (Å²) in [6.07, 6.45) is 4.94. The predicted molar refractivity (Wildman–Crippen MR) is 75.9 cm³/mol. The third-order valence-corrected chi connectivity index (χ3v) is 4.31. The quantitative estimate of drug-likeness (QED) is 0.845. The molecule has 2 aliphatic rings. The van der Waals surface area contributed by atoms with E-state index in [1.54, 1.807) is 0 Å². The zero-order valence-electron chi connectivity index (χ0n) is 12.1. The third kappa shape index (κ3) is 2.74. The fourth-order valence-corrected chi connectivity index (χ4v) is 3.11. The van der Waals surface area contributed by atoms with Crippen molar-refractivity contribution < 1.29 is 9.63 Å². The van der Waals surface area contributed by atoms with Crippen molar-refractivity contribution in [2.45, 2.75) is 38.8 Å². The SMILES string of the molecule is C[C@H]1c2cccn2CCN1C(=O)CCN1CCCCO1. The Morgan fingerprint density at radius 3 is 3.05 bits per heavy atom. The van der Waals surface area contributed by atoms with E-state index < -0.39 is 0 Å². The van der Waals surface area contributed by atoms with E-state index in [1.807, 2.05) is 9.96 Å². The summed E-state index contributed by atoms with van der Waals surface area (Å²) in [5.74, 6) is 0.235. The monoisotopic (exact) mass is 277 g/mol. The van der Waals surface area contributed by atoms with Gasteiger partial charge in [0.2, 0.25) is 5.91 Å². The van der Waals surface area contributed by atoms with Gasteiger partial charge in [-0.1, -0.05) is 0 Å². The van der Waals surface area contributed by atoms with Crippen molar-refractivity contribution in [3.05, 3.63) is 24.0 Å². The molecule has 5 heteroatoms. The molecule has 0 unspecified atom stereocenters. The lowest BCUT2D eigenvalue weighted by atomic mass is 10.1. The molecule has 1 fully saturated rings. The van der Waals surface area contributed by atoms with Crippen LogP contribution in [0.3, 0.4) is 0 Å². The highest BCUT2D eigenvalue weighted by atomic mass is 16.7. The van der Waals surface area contributed by atoms with Crippen molar-refractivity contribution in [1.82, 2.24) is 14.5 Å². The van der Waals surface area contributed by atoms with E-state index >= 15 is 0 Å². The topological polar surface area (TPSA) is 37.7 Å². The number of rotatable bonds is 3. The van der Waals surface area contributed by atoms with Crippen LogP contribution in [0.1, 0.15) is 37.9 Å². The van der Waals surface area contributed by atoms with Crippen LogP contribution in [-0.2, 0) is 16.2 Å². The van der Waals surface area contributed by atoms with E-state index in [4.69, 9.17) is 4.84 Å². The van der Waals surface area contributed by atoms with Crippen LogP contribution in [0.25, 0.3) is 0 Å². The molecule has 2 aliphatic heterocycles. The first-order valence-electron chi connectivity index (χ1n) is 7.58. The third-order valence-electron chi connectivity index (χ3n) is 4.31. The standard InChI is InChI=1S/C15H23N3O2/c1-13-14-5-4-7-16(14)10-11-18(13)15(19)6-9-17-8-2-3-12-20-17/h4-5,7,13H,2-3,6,8-12H2,1H3/t13-/m0/s1. The first-order valence-corrected chi connectivity index (χ1v) is 7.58. The molecule has 0 aliphatic carbocycles. The van der Waals surface area contributed by atoms with Gasteiger partial charge >= 0.3 is 0 Å². The molecule has 1 saturated heterocycles. The lowest BCUT2D eigenvalue weighted by Gasteiger charge is -2.35. The predicted octanol–water partition coefficient (Wildman–Crippen LogP) is 1.81. The van der Waals surface area contributed by atoms with Gasteiger partial charge in [0, 0.05) is 44.5 Å². The summed E-state index contributed by atoms with van der Waals surface area (Å²) in [5.41, 5.74) is 1.24. The maximum Gasteiger partial charge on any atom is 0.224 e. The van der Waals surface area contributed by atoms with Gasteiger partial charge in [0.25, 0.3) is 0 Å². The molecule has 110 valence electrons. The van der Waals surface area contributed by atoms with E-state index in [-0.39, 0.29) is 11.9 Å². The molecule has 5 nitrogen and oxygen atoms in total. The maximum atomic E-state index is 12.4. The Labute approximate surface area is 120 Å². The Morgan fingerprint density at radius 2 is 2.25 bits per heavy atom. The van der Waals surface area contributed by atoms with E-state index in [9.17, 15) is 4.79 Å². The second kappa shape index (κ2) is 5.97. The minimum Gasteiger partial charge on any atom is -0.348 e. The number of amides is 1. The number of hydrogen-bond acceptors (Lipinski definition) is 3. The number of hydrogen-bond donors (Lipinski definition) is 0. The van der Waals surface area contributed by atoms with Crippen LogP contribution >= 0.6 is 0 Å². The number of aromatic nitrogens is 1. The minimum atomic E-state index is 0.175. The van der Waals surface area contributed by atoms with E-state index in [0.717, 1.165) is 32.7 Å². The summed E-state index contributed by atoms with van der Waals surface area (Å²) >= 11 is 0. The average molecular weight is 277 g/mol. The Morgan fingerprint density at radius 1 is 1.35 bits per heavy atom. The van der Waals surface area contributed by atoms with E-state index in [2.05, 4.69) is 29.8 Å². The van der Waals surface area contributed by atoms with E-state index in [1.165, 1.54) is 12.1 Å². The van der Waals surface area contributed by atoms with Crippen molar-refractivity contribution in [3.63, 3.8) is 0 Å². The smallest absolute Gasteiger partial charge is 0.224 e. The number of fused-ring (bicyclic) bond motifs is 1. The highest BCUT2D eigenvalue weighted by molar-refractivity contribution is 5.77. The first-order chi connectivity index (χ1) is 9.75. The second-order valence-corrected chi connectivity index (χ2v) is 5.61. The molecular formula is C15H23N3O2. The summed E-state index contributed by atoms with van der Waals surface area (Å²) in [5, 5.41) is 1.94. The average Bonchev–Trinajstić information content (AvgIpc) is 2.96. The summed E-state index contributed by atoms with van der Waals surface area (Å²) in [4.78, 5) is 20.0. The second-order valence-electron chi connectivity index (χ2n) is 5.61. The molecule has 3 heterocycles. The number of nitrogens with zero attached hydrogens (tertiary/aromatic N) is 3. The van der Waals surface area contributed by atoms with Crippen molar-refractivity contribution in [3.8, 4) is 0 Å². The lowest BCUT2D eigenvalue weighted by molar-refractivity contribution is -0.183. The molecule has 0 aromatic carbocycles. The molecule has 0 N–H and O–H groups in total. The van der Waals surface area contributed by atoms with Gasteiger partial charge in [-0.25, -0.2) is 0 Å². The summed E-state index contributed by atoms with van der Waals surface area (Å²) in [6, 6.07) is 4.34. The van der Waals surface area contributed by atoms with Crippen LogP contribution in [0.5, 0.6) is 0 Å². The molecule has 1 atom stereocenters. The van der Waals surface area contributed by atoms with Crippen molar-refractivity contribution >= 4 is 5.91 Å². The molecule has 0 radical (unpaired) electrons. The Hall–Kier alpha value is -1.33. The van der Waals surface area contributed by atoms with Crippen molar-refractivity contribution in [1.29, 1.82) is 0 Å². The zero-order chi connectivity index (χ0) is 13.9. The molecule has 0 bridgehead atoms. The molecular weight excluding hydrogens is 254 g/mol. The van der Waals surface area contributed by atoms with Gasteiger partial charge in [-0.05, 0) is 31.9 Å². The van der Waals surface area contributed by atoms with Crippen LogP contribution in [0.2, 0.25) is 0 Å². The van der Waals surface area contributed by atoms with Gasteiger partial charge < -0.3 is 9.47 Å². The van der Waals surface area contributed by atoms with Crippen molar-refractivity contribution in [2.75, 3.05) is 26.2 Å². The highest BCUT2D eigenvalue weighted by Gasteiger charge is 2.27. The normalized spacial score (nSPS) is 23.6. The van der Waals surface area contributed by atoms with Crippen LogP contribution in [0.4, 0.5) is 0 Å². The van der Waals surface area contributed by atoms with Crippen LogP contribution in [0, 0.1) is 0 Å². The fourth-order valence-electron chi connectivity index (χ4n) is 3.11. The van der Waals surface area contributed by atoms with Crippen LogP contribution in [0.15, 0.2) is 18.3 Å². The van der Waals surface area contributed by atoms with Gasteiger partial charge in [0.1, 0.15) is 0 Å².